The predicted octanol–water partition coefficient (Wildman–Crippen LogP) is 3.24. The Labute approximate surface area is 125 Å². The van der Waals surface area contributed by atoms with Crippen molar-refractivity contribution < 1.29 is 9.53 Å². The summed E-state index contributed by atoms with van der Waals surface area (Å²) >= 11 is 1.91. The number of ether oxygens (including phenoxy) is 1. The van der Waals surface area contributed by atoms with Gasteiger partial charge in [0.05, 0.1) is 6.61 Å². The highest BCUT2D eigenvalue weighted by molar-refractivity contribution is 7.99. The quantitative estimate of drug-likeness (QED) is 0.905. The minimum Gasteiger partial charge on any atom is -0.380 e. The van der Waals surface area contributed by atoms with Crippen molar-refractivity contribution in [3.63, 3.8) is 0 Å². The summed E-state index contributed by atoms with van der Waals surface area (Å²) in [5, 5.41) is 3.87. The zero-order chi connectivity index (χ0) is 14.4. The highest BCUT2D eigenvalue weighted by Crippen LogP contribution is 2.27. The van der Waals surface area contributed by atoms with Gasteiger partial charge in [0, 0.05) is 24.0 Å². The van der Waals surface area contributed by atoms with Gasteiger partial charge in [-0.2, -0.15) is 11.8 Å². The van der Waals surface area contributed by atoms with E-state index in [-0.39, 0.29) is 5.91 Å². The molecule has 1 aliphatic carbocycles. The molecule has 0 aromatic heterocycles. The van der Waals surface area contributed by atoms with Crippen molar-refractivity contribution in [2.24, 2.45) is 0 Å². The van der Waals surface area contributed by atoms with Gasteiger partial charge in [-0.1, -0.05) is 24.6 Å². The van der Waals surface area contributed by atoms with Crippen molar-refractivity contribution in [2.45, 2.75) is 43.6 Å². The van der Waals surface area contributed by atoms with Crippen LogP contribution in [-0.2, 0) is 11.3 Å². The second-order valence-electron chi connectivity index (χ2n) is 5.28. The van der Waals surface area contributed by atoms with Crippen molar-refractivity contribution in [3.8, 4) is 0 Å². The van der Waals surface area contributed by atoms with Crippen LogP contribution in [0.1, 0.15) is 41.6 Å². The third-order valence-electron chi connectivity index (χ3n) is 3.86. The van der Waals surface area contributed by atoms with Crippen LogP contribution in [0.3, 0.4) is 0 Å². The molecule has 0 radical (unpaired) electrons. The van der Waals surface area contributed by atoms with E-state index in [0.29, 0.717) is 17.9 Å². The lowest BCUT2D eigenvalue weighted by Gasteiger charge is -2.28. The molecular formula is C16H23NO2S. The van der Waals surface area contributed by atoms with Crippen LogP contribution in [0.5, 0.6) is 0 Å². The predicted molar refractivity (Wildman–Crippen MR) is 84.2 cm³/mol. The number of thioether (sulfide) groups is 1. The Hall–Kier alpha value is -1.00. The molecule has 2 rings (SSSR count). The van der Waals surface area contributed by atoms with E-state index in [0.717, 1.165) is 24.0 Å². The molecule has 1 amide bonds. The van der Waals surface area contributed by atoms with Crippen LogP contribution in [0.25, 0.3) is 0 Å². The summed E-state index contributed by atoms with van der Waals surface area (Å²) in [7, 11) is 1.65. The summed E-state index contributed by atoms with van der Waals surface area (Å²) in [6.07, 6.45) is 6.81. The fourth-order valence-corrected chi connectivity index (χ4v) is 3.60. The summed E-state index contributed by atoms with van der Waals surface area (Å²) in [4.78, 5) is 12.4. The number of carbonyl (C=O) groups is 1. The van der Waals surface area contributed by atoms with Gasteiger partial charge in [-0.15, -0.1) is 0 Å². The van der Waals surface area contributed by atoms with Gasteiger partial charge in [-0.3, -0.25) is 4.79 Å². The van der Waals surface area contributed by atoms with E-state index in [1.165, 1.54) is 12.8 Å². The summed E-state index contributed by atoms with van der Waals surface area (Å²) in [6.45, 7) is 0.474. The Balaban J connectivity index is 2.01. The number of hydrogen-bond acceptors (Lipinski definition) is 3. The molecule has 1 N–H and O–H groups in total. The molecule has 4 heteroatoms. The number of methoxy groups -OCH3 is 1. The Morgan fingerprint density at radius 1 is 1.40 bits per heavy atom. The first-order valence-electron chi connectivity index (χ1n) is 7.15. The van der Waals surface area contributed by atoms with Crippen molar-refractivity contribution in [1.29, 1.82) is 0 Å². The summed E-state index contributed by atoms with van der Waals surface area (Å²) in [6, 6.07) is 7.97. The molecule has 0 unspecified atom stereocenters. The molecule has 0 aliphatic heterocycles. The smallest absolute Gasteiger partial charge is 0.251 e. The minimum atomic E-state index is 0.0319. The highest BCUT2D eigenvalue weighted by Gasteiger charge is 2.23. The number of carbonyl (C=O) groups excluding carboxylic acids is 1. The molecule has 20 heavy (non-hydrogen) atoms. The molecule has 0 bridgehead atoms. The van der Waals surface area contributed by atoms with Gasteiger partial charge in [-0.05, 0) is 37.1 Å². The maximum Gasteiger partial charge on any atom is 0.251 e. The van der Waals surface area contributed by atoms with Gasteiger partial charge in [0.2, 0.25) is 0 Å². The molecule has 1 aromatic rings. The molecule has 2 atom stereocenters. The van der Waals surface area contributed by atoms with Gasteiger partial charge in [0.1, 0.15) is 0 Å². The van der Waals surface area contributed by atoms with Gasteiger partial charge in [0.25, 0.3) is 5.91 Å². The van der Waals surface area contributed by atoms with E-state index in [1.807, 2.05) is 36.0 Å². The Kier molecular flexibility index (Phi) is 5.92. The molecule has 110 valence electrons. The van der Waals surface area contributed by atoms with Crippen LogP contribution in [0, 0.1) is 0 Å². The normalized spacial score (nSPS) is 22.5. The first-order valence-corrected chi connectivity index (χ1v) is 8.44. The Bertz CT molecular complexity index is 450. The van der Waals surface area contributed by atoms with E-state index < -0.39 is 0 Å². The largest absolute Gasteiger partial charge is 0.380 e. The molecule has 1 aliphatic rings. The Morgan fingerprint density at radius 2 is 2.20 bits per heavy atom. The monoisotopic (exact) mass is 293 g/mol. The maximum absolute atomic E-state index is 12.4. The van der Waals surface area contributed by atoms with Crippen LogP contribution < -0.4 is 5.32 Å². The Morgan fingerprint density at radius 3 is 2.95 bits per heavy atom. The number of rotatable bonds is 5. The number of hydrogen-bond donors (Lipinski definition) is 1. The molecule has 0 spiro atoms. The topological polar surface area (TPSA) is 38.3 Å². The van der Waals surface area contributed by atoms with E-state index in [2.05, 4.69) is 11.6 Å². The zero-order valence-corrected chi connectivity index (χ0v) is 13.0. The third-order valence-corrected chi connectivity index (χ3v) is 4.95. The van der Waals surface area contributed by atoms with Gasteiger partial charge in [0.15, 0.2) is 0 Å². The minimum absolute atomic E-state index is 0.0319. The fourth-order valence-electron chi connectivity index (χ4n) is 2.78. The molecule has 1 aromatic carbocycles. The van der Waals surface area contributed by atoms with E-state index in [9.17, 15) is 4.79 Å². The molecular weight excluding hydrogens is 270 g/mol. The van der Waals surface area contributed by atoms with E-state index >= 15 is 0 Å². The first kappa shape index (κ1) is 15.4. The second-order valence-corrected chi connectivity index (χ2v) is 6.42. The molecule has 1 saturated carbocycles. The SMILES string of the molecule is COCc1ccccc1C(=O)N[C@H]1CCC[C@@H](SC)C1. The summed E-state index contributed by atoms with van der Waals surface area (Å²) in [5.74, 6) is 0.0319. The molecule has 1 fully saturated rings. The maximum atomic E-state index is 12.4. The summed E-state index contributed by atoms with van der Waals surface area (Å²) in [5.41, 5.74) is 1.69. The zero-order valence-electron chi connectivity index (χ0n) is 12.2. The average molecular weight is 293 g/mol. The standard InChI is InChI=1S/C16H23NO2S/c1-19-11-12-6-3-4-9-15(12)16(18)17-13-7-5-8-14(10-13)20-2/h3-4,6,9,13-14H,5,7-8,10-11H2,1-2H3,(H,17,18)/t13-,14+/m0/s1. The lowest BCUT2D eigenvalue weighted by atomic mass is 9.94. The summed E-state index contributed by atoms with van der Waals surface area (Å²) < 4.78 is 5.16. The van der Waals surface area contributed by atoms with Crippen LogP contribution in [-0.4, -0.2) is 30.6 Å². The van der Waals surface area contributed by atoms with Crippen LogP contribution in [0.15, 0.2) is 24.3 Å². The molecule has 0 heterocycles. The van der Waals surface area contributed by atoms with Crippen LogP contribution in [0.4, 0.5) is 0 Å². The molecule has 0 saturated heterocycles. The first-order chi connectivity index (χ1) is 9.74. The molecule has 3 nitrogen and oxygen atoms in total. The van der Waals surface area contributed by atoms with Gasteiger partial charge < -0.3 is 10.1 Å². The second kappa shape index (κ2) is 7.70. The lowest BCUT2D eigenvalue weighted by molar-refractivity contribution is 0.0923. The van der Waals surface area contributed by atoms with Crippen molar-refractivity contribution in [3.05, 3.63) is 35.4 Å². The van der Waals surface area contributed by atoms with Gasteiger partial charge in [-0.25, -0.2) is 0 Å². The number of amides is 1. The van der Waals surface area contributed by atoms with Crippen molar-refractivity contribution >= 4 is 17.7 Å². The number of nitrogens with one attached hydrogen (secondary N) is 1. The van der Waals surface area contributed by atoms with Crippen LogP contribution in [0.2, 0.25) is 0 Å². The fraction of sp³-hybridized carbons (Fsp3) is 0.562. The number of benzene rings is 1. The highest BCUT2D eigenvalue weighted by atomic mass is 32.2. The third kappa shape index (κ3) is 4.00. The lowest BCUT2D eigenvalue weighted by Crippen LogP contribution is -2.39. The average Bonchev–Trinajstić information content (AvgIpc) is 2.48. The van der Waals surface area contributed by atoms with E-state index in [1.54, 1.807) is 7.11 Å². The van der Waals surface area contributed by atoms with Crippen molar-refractivity contribution in [2.75, 3.05) is 13.4 Å². The van der Waals surface area contributed by atoms with Crippen molar-refractivity contribution in [1.82, 2.24) is 5.32 Å². The van der Waals surface area contributed by atoms with Gasteiger partial charge >= 0.3 is 0 Å². The van der Waals surface area contributed by atoms with Crippen LogP contribution >= 0.6 is 11.8 Å². The van der Waals surface area contributed by atoms with E-state index in [4.69, 9.17) is 4.74 Å².